The molecule has 0 unspecified atom stereocenters. The molecule has 0 aliphatic rings. The maximum atomic E-state index is 5.48. The molecule has 4 nitrogen and oxygen atoms in total. The first-order valence-corrected chi connectivity index (χ1v) is 6.56. The van der Waals surface area contributed by atoms with E-state index in [2.05, 4.69) is 29.7 Å². The molecule has 98 valence electrons. The summed E-state index contributed by atoms with van der Waals surface area (Å²) in [5.41, 5.74) is 6.33. The first kappa shape index (κ1) is 11.2. The fraction of sp³-hybridized carbons (Fsp3) is 0.125. The van der Waals surface area contributed by atoms with Gasteiger partial charge in [-0.2, -0.15) is 4.57 Å². The Morgan fingerprint density at radius 3 is 2.90 bits per heavy atom. The summed E-state index contributed by atoms with van der Waals surface area (Å²) in [5, 5.41) is 0. The van der Waals surface area contributed by atoms with Gasteiger partial charge in [-0.25, -0.2) is 9.55 Å². The van der Waals surface area contributed by atoms with Gasteiger partial charge in [0.25, 0.3) is 0 Å². The number of hydrogen-bond acceptors (Lipinski definition) is 2. The van der Waals surface area contributed by atoms with Crippen molar-refractivity contribution in [2.75, 3.05) is 0 Å². The lowest BCUT2D eigenvalue weighted by Crippen LogP contribution is -2.30. The van der Waals surface area contributed by atoms with Crippen LogP contribution in [0.4, 0.5) is 0 Å². The van der Waals surface area contributed by atoms with E-state index in [0.29, 0.717) is 0 Å². The highest BCUT2D eigenvalue weighted by Gasteiger charge is 2.19. The van der Waals surface area contributed by atoms with Gasteiger partial charge in [-0.05, 0) is 24.6 Å². The first-order valence-electron chi connectivity index (χ1n) is 6.56. The van der Waals surface area contributed by atoms with Crippen molar-refractivity contribution in [3.05, 3.63) is 54.4 Å². The van der Waals surface area contributed by atoms with Crippen LogP contribution in [0.15, 0.2) is 53.4 Å². The lowest BCUT2D eigenvalue weighted by Gasteiger charge is -2.05. The molecule has 0 radical (unpaired) electrons. The van der Waals surface area contributed by atoms with E-state index in [0.717, 1.165) is 27.9 Å². The number of imidazole rings is 1. The van der Waals surface area contributed by atoms with Crippen molar-refractivity contribution >= 4 is 16.7 Å². The van der Waals surface area contributed by atoms with Crippen LogP contribution in [-0.4, -0.2) is 9.56 Å². The van der Waals surface area contributed by atoms with Crippen molar-refractivity contribution in [1.82, 2.24) is 9.56 Å². The van der Waals surface area contributed by atoms with Gasteiger partial charge in [0, 0.05) is 18.2 Å². The van der Waals surface area contributed by atoms with Gasteiger partial charge in [0.15, 0.2) is 11.8 Å². The van der Waals surface area contributed by atoms with Gasteiger partial charge >= 0.3 is 0 Å². The van der Waals surface area contributed by atoms with Crippen LogP contribution in [0, 0.1) is 6.92 Å². The Labute approximate surface area is 115 Å². The van der Waals surface area contributed by atoms with E-state index >= 15 is 0 Å². The Kier molecular flexibility index (Phi) is 2.21. The Morgan fingerprint density at radius 2 is 2.05 bits per heavy atom. The highest BCUT2D eigenvalue weighted by atomic mass is 16.5. The summed E-state index contributed by atoms with van der Waals surface area (Å²) in [5.74, 6) is 0. The Hall–Kier alpha value is -2.62. The molecule has 0 spiro atoms. The minimum atomic E-state index is 0.838. The molecule has 0 saturated carbocycles. The first-order chi connectivity index (χ1) is 9.75. The molecule has 20 heavy (non-hydrogen) atoms. The van der Waals surface area contributed by atoms with Gasteiger partial charge in [0.1, 0.15) is 24.3 Å². The lowest BCUT2D eigenvalue weighted by molar-refractivity contribution is -0.660. The fourth-order valence-electron chi connectivity index (χ4n) is 2.72. The molecule has 0 atom stereocenters. The van der Waals surface area contributed by atoms with Crippen molar-refractivity contribution in [2.24, 2.45) is 7.05 Å². The smallest absolute Gasteiger partial charge is 0.214 e. The maximum Gasteiger partial charge on any atom is 0.214 e. The molecular weight excluding hydrogens is 250 g/mol. The maximum absolute atomic E-state index is 5.48. The summed E-state index contributed by atoms with van der Waals surface area (Å²) in [6, 6.07) is 12.2. The second-order valence-electron chi connectivity index (χ2n) is 4.99. The van der Waals surface area contributed by atoms with Crippen LogP contribution in [0.2, 0.25) is 0 Å². The van der Waals surface area contributed by atoms with Crippen molar-refractivity contribution in [3.63, 3.8) is 0 Å². The summed E-state index contributed by atoms with van der Waals surface area (Å²) in [6.07, 6.45) is 3.71. The van der Waals surface area contributed by atoms with Crippen LogP contribution in [0.3, 0.4) is 0 Å². The van der Waals surface area contributed by atoms with Crippen molar-refractivity contribution in [2.45, 2.75) is 6.92 Å². The number of pyridine rings is 1. The van der Waals surface area contributed by atoms with E-state index in [-0.39, 0.29) is 0 Å². The highest BCUT2D eigenvalue weighted by Crippen LogP contribution is 2.30. The van der Waals surface area contributed by atoms with Gasteiger partial charge in [-0.1, -0.05) is 6.07 Å². The predicted octanol–water partition coefficient (Wildman–Crippen LogP) is 2.88. The van der Waals surface area contributed by atoms with Crippen LogP contribution < -0.4 is 4.57 Å². The Bertz CT molecular complexity index is 933. The second-order valence-corrected chi connectivity index (χ2v) is 4.99. The molecule has 0 aliphatic heterocycles. The lowest BCUT2D eigenvalue weighted by atomic mass is 10.0. The largest absolute Gasteiger partial charge is 0.381 e. The number of hydrogen-bond donors (Lipinski definition) is 0. The van der Waals surface area contributed by atoms with E-state index in [4.69, 9.17) is 9.51 Å². The van der Waals surface area contributed by atoms with Gasteiger partial charge < -0.3 is 4.52 Å². The van der Waals surface area contributed by atoms with Crippen LogP contribution in [-0.2, 0) is 7.05 Å². The molecule has 1 aromatic carbocycles. The van der Waals surface area contributed by atoms with Gasteiger partial charge in [-0.15, -0.1) is 0 Å². The topological polar surface area (TPSA) is 34.3 Å². The van der Waals surface area contributed by atoms with Crippen LogP contribution in [0.5, 0.6) is 0 Å². The van der Waals surface area contributed by atoms with E-state index in [1.54, 1.807) is 10.8 Å². The molecule has 0 fully saturated rings. The highest BCUT2D eigenvalue weighted by molar-refractivity contribution is 5.94. The number of aromatic nitrogens is 3. The molecule has 0 amide bonds. The molecule has 3 heterocycles. The third-order valence-corrected chi connectivity index (χ3v) is 3.71. The summed E-state index contributed by atoms with van der Waals surface area (Å²) < 4.78 is 9.36. The zero-order valence-corrected chi connectivity index (χ0v) is 11.4. The van der Waals surface area contributed by atoms with Gasteiger partial charge in [0.2, 0.25) is 5.69 Å². The zero-order valence-electron chi connectivity index (χ0n) is 11.4. The average molecular weight is 264 g/mol. The Morgan fingerprint density at radius 1 is 1.15 bits per heavy atom. The molecule has 3 aromatic heterocycles. The summed E-state index contributed by atoms with van der Waals surface area (Å²) in [6.45, 7) is 2.11. The molecule has 4 rings (SSSR count). The third-order valence-electron chi connectivity index (χ3n) is 3.71. The SMILES string of the molecule is Cc1ccc2c(nc3ccon32)c1-c1cccc[n+]1C. The van der Waals surface area contributed by atoms with E-state index in [9.17, 15) is 0 Å². The quantitative estimate of drug-likeness (QED) is 0.495. The number of fused-ring (bicyclic) bond motifs is 3. The normalized spacial score (nSPS) is 11.5. The Balaban J connectivity index is 2.17. The monoisotopic (exact) mass is 264 g/mol. The molecule has 4 aromatic rings. The van der Waals surface area contributed by atoms with Crippen LogP contribution in [0.25, 0.3) is 27.9 Å². The van der Waals surface area contributed by atoms with E-state index in [1.165, 1.54) is 5.56 Å². The third kappa shape index (κ3) is 1.42. The molecule has 0 bridgehead atoms. The number of aryl methyl sites for hydroxylation is 2. The van der Waals surface area contributed by atoms with Gasteiger partial charge in [0.05, 0.1) is 5.56 Å². The number of benzene rings is 1. The minimum absolute atomic E-state index is 0.838. The summed E-state index contributed by atoms with van der Waals surface area (Å²) >= 11 is 0. The fourth-order valence-corrected chi connectivity index (χ4v) is 2.72. The van der Waals surface area contributed by atoms with Crippen LogP contribution >= 0.6 is 0 Å². The molecular formula is C16H14N3O+. The van der Waals surface area contributed by atoms with E-state index < -0.39 is 0 Å². The number of rotatable bonds is 1. The number of nitrogens with zero attached hydrogens (tertiary/aromatic N) is 3. The average Bonchev–Trinajstić information content (AvgIpc) is 3.00. The molecule has 0 N–H and O–H groups in total. The van der Waals surface area contributed by atoms with Crippen molar-refractivity contribution < 1.29 is 9.09 Å². The van der Waals surface area contributed by atoms with Crippen molar-refractivity contribution in [1.29, 1.82) is 0 Å². The van der Waals surface area contributed by atoms with E-state index in [1.807, 2.05) is 31.4 Å². The summed E-state index contributed by atoms with van der Waals surface area (Å²) in [4.78, 5) is 4.71. The molecule has 0 aliphatic carbocycles. The van der Waals surface area contributed by atoms with Crippen LogP contribution in [0.1, 0.15) is 5.56 Å². The zero-order chi connectivity index (χ0) is 13.7. The summed E-state index contributed by atoms with van der Waals surface area (Å²) in [7, 11) is 2.05. The van der Waals surface area contributed by atoms with Gasteiger partial charge in [-0.3, -0.25) is 0 Å². The molecule has 0 saturated heterocycles. The molecule has 4 heteroatoms. The van der Waals surface area contributed by atoms with Crippen molar-refractivity contribution in [3.8, 4) is 11.3 Å². The standard InChI is InChI=1S/C16H14N3O/c1-11-6-7-13-16(17-14-8-10-20-19(13)14)15(11)12-5-3-4-9-18(12)2/h3-10H,1-2H3/q+1. The predicted molar refractivity (Wildman–Crippen MR) is 76.3 cm³/mol. The second kappa shape index (κ2) is 3.93. The minimum Gasteiger partial charge on any atom is -0.381 e.